The molecule has 0 spiro atoms. The predicted octanol–water partition coefficient (Wildman–Crippen LogP) is 3.28. The fourth-order valence-corrected chi connectivity index (χ4v) is 1.98. The molecule has 0 radical (unpaired) electrons. The van der Waals surface area contributed by atoms with Gasteiger partial charge in [-0.2, -0.15) is 0 Å². The van der Waals surface area contributed by atoms with E-state index in [4.69, 9.17) is 0 Å². The second-order valence-electron chi connectivity index (χ2n) is 4.24. The van der Waals surface area contributed by atoms with Crippen LogP contribution in [-0.2, 0) is 6.54 Å². The number of nitrogens with one attached hydrogen (secondary N) is 3. The first-order chi connectivity index (χ1) is 8.92. The molecule has 2 aromatic carbocycles. The van der Waals surface area contributed by atoms with E-state index >= 15 is 0 Å². The monoisotopic (exact) mass is 237 g/mol. The number of anilines is 1. The molecular weight excluding hydrogens is 222 g/mol. The minimum Gasteiger partial charge on any atom is -0.361 e. The number of hydrogen-bond acceptors (Lipinski definition) is 2. The largest absolute Gasteiger partial charge is 0.361 e. The quantitative estimate of drug-likeness (QED) is 0.609. The van der Waals surface area contributed by atoms with Crippen molar-refractivity contribution in [2.45, 2.75) is 6.54 Å². The fourth-order valence-electron chi connectivity index (χ4n) is 1.98. The van der Waals surface area contributed by atoms with E-state index in [1.807, 2.05) is 36.5 Å². The number of rotatable bonds is 4. The van der Waals surface area contributed by atoms with Crippen molar-refractivity contribution in [1.29, 1.82) is 0 Å². The molecule has 0 bridgehead atoms. The van der Waals surface area contributed by atoms with Gasteiger partial charge < -0.3 is 10.4 Å². The number of benzene rings is 2. The van der Waals surface area contributed by atoms with Crippen molar-refractivity contribution in [3.8, 4) is 0 Å². The van der Waals surface area contributed by atoms with Crippen LogP contribution in [0.15, 0.2) is 60.8 Å². The van der Waals surface area contributed by atoms with Crippen molar-refractivity contribution >= 4 is 16.6 Å². The number of hydrogen-bond donors (Lipinski definition) is 3. The summed E-state index contributed by atoms with van der Waals surface area (Å²) in [5.74, 6) is 0. The normalized spacial score (nSPS) is 10.7. The van der Waals surface area contributed by atoms with Crippen LogP contribution in [0, 0.1) is 0 Å². The van der Waals surface area contributed by atoms with Gasteiger partial charge in [-0.15, -0.1) is 0 Å². The van der Waals surface area contributed by atoms with Crippen LogP contribution in [0.1, 0.15) is 5.56 Å². The summed E-state index contributed by atoms with van der Waals surface area (Å²) in [6, 6.07) is 18.6. The van der Waals surface area contributed by atoms with Crippen LogP contribution >= 0.6 is 0 Å². The van der Waals surface area contributed by atoms with Crippen molar-refractivity contribution in [3.63, 3.8) is 0 Å². The molecule has 3 aromatic rings. The Kier molecular flexibility index (Phi) is 2.98. The van der Waals surface area contributed by atoms with E-state index in [0.717, 1.165) is 12.2 Å². The Labute approximate surface area is 106 Å². The summed E-state index contributed by atoms with van der Waals surface area (Å²) in [4.78, 5) is 3.19. The molecule has 3 rings (SSSR count). The maximum Gasteiger partial charge on any atom is 0.0487 e. The number of aromatic nitrogens is 1. The average Bonchev–Trinajstić information content (AvgIpc) is 2.87. The van der Waals surface area contributed by atoms with E-state index in [-0.39, 0.29) is 0 Å². The lowest BCUT2D eigenvalue weighted by molar-refractivity contribution is 0.802. The van der Waals surface area contributed by atoms with Crippen molar-refractivity contribution < 1.29 is 0 Å². The third-order valence-electron chi connectivity index (χ3n) is 2.92. The van der Waals surface area contributed by atoms with Gasteiger partial charge in [0.2, 0.25) is 0 Å². The van der Waals surface area contributed by atoms with E-state index in [0.29, 0.717) is 0 Å². The van der Waals surface area contributed by atoms with Crippen molar-refractivity contribution in [3.05, 3.63) is 66.4 Å². The molecule has 0 aliphatic heterocycles. The molecule has 1 aromatic heterocycles. The summed E-state index contributed by atoms with van der Waals surface area (Å²) in [6.45, 7) is 0.788. The highest BCUT2D eigenvalue weighted by Gasteiger charge is 1.97. The van der Waals surface area contributed by atoms with Gasteiger partial charge in [0.25, 0.3) is 0 Å². The zero-order valence-corrected chi connectivity index (χ0v) is 9.98. The number of fused-ring (bicyclic) bond motifs is 1. The topological polar surface area (TPSA) is 39.8 Å². The Bertz CT molecular complexity index is 628. The molecule has 0 atom stereocenters. The van der Waals surface area contributed by atoms with Gasteiger partial charge >= 0.3 is 0 Å². The molecule has 0 saturated heterocycles. The highest BCUT2D eigenvalue weighted by atomic mass is 15.3. The molecule has 90 valence electrons. The van der Waals surface area contributed by atoms with Gasteiger partial charge in [-0.1, -0.05) is 24.3 Å². The Morgan fingerprint density at radius 3 is 2.72 bits per heavy atom. The summed E-state index contributed by atoms with van der Waals surface area (Å²) in [6.07, 6.45) is 1.96. The van der Waals surface area contributed by atoms with E-state index in [2.05, 4.69) is 40.1 Å². The molecule has 1 heterocycles. The third-order valence-corrected chi connectivity index (χ3v) is 2.92. The van der Waals surface area contributed by atoms with Gasteiger partial charge in [-0.3, -0.25) is 0 Å². The molecule has 0 aliphatic rings. The number of H-pyrrole nitrogens is 1. The van der Waals surface area contributed by atoms with Gasteiger partial charge in [0.15, 0.2) is 0 Å². The molecule has 3 heteroatoms. The van der Waals surface area contributed by atoms with Crippen LogP contribution in [0.3, 0.4) is 0 Å². The van der Waals surface area contributed by atoms with Gasteiger partial charge in [-0.25, -0.2) is 5.43 Å². The van der Waals surface area contributed by atoms with Crippen LogP contribution < -0.4 is 10.9 Å². The van der Waals surface area contributed by atoms with Crippen LogP contribution in [-0.4, -0.2) is 4.98 Å². The summed E-state index contributed by atoms with van der Waals surface area (Å²) in [7, 11) is 0. The van der Waals surface area contributed by atoms with Crippen LogP contribution in [0.4, 0.5) is 5.69 Å². The lowest BCUT2D eigenvalue weighted by atomic mass is 10.1. The molecule has 0 amide bonds. The Balaban J connectivity index is 1.62. The first-order valence-electron chi connectivity index (χ1n) is 6.02. The van der Waals surface area contributed by atoms with Gasteiger partial charge in [0.05, 0.1) is 0 Å². The summed E-state index contributed by atoms with van der Waals surface area (Å²) >= 11 is 0. The lowest BCUT2D eigenvalue weighted by Crippen LogP contribution is -2.20. The van der Waals surface area contributed by atoms with E-state index < -0.39 is 0 Å². The molecule has 0 aliphatic carbocycles. The maximum atomic E-state index is 3.21. The van der Waals surface area contributed by atoms with Crippen molar-refractivity contribution in [2.24, 2.45) is 0 Å². The van der Waals surface area contributed by atoms with Crippen LogP contribution in [0.2, 0.25) is 0 Å². The second kappa shape index (κ2) is 4.94. The molecule has 0 saturated carbocycles. The maximum absolute atomic E-state index is 3.21. The first-order valence-corrected chi connectivity index (χ1v) is 6.02. The third kappa shape index (κ3) is 2.36. The van der Waals surface area contributed by atoms with Gasteiger partial charge in [0.1, 0.15) is 0 Å². The molecule has 3 nitrogen and oxygen atoms in total. The minimum atomic E-state index is 0.788. The zero-order chi connectivity index (χ0) is 12.2. The number of hydrazine groups is 1. The standard InChI is InChI=1S/C15H15N3/c1-2-4-14(5-3-1)18-17-11-12-6-7-15-13(10-12)8-9-16-15/h1-10,16-18H,11H2. The predicted molar refractivity (Wildman–Crippen MR) is 75.2 cm³/mol. The molecule has 3 N–H and O–H groups in total. The summed E-state index contributed by atoms with van der Waals surface area (Å²) in [5.41, 5.74) is 9.89. The van der Waals surface area contributed by atoms with E-state index in [1.165, 1.54) is 16.5 Å². The van der Waals surface area contributed by atoms with Gasteiger partial charge in [0, 0.05) is 23.9 Å². The summed E-state index contributed by atoms with van der Waals surface area (Å²) < 4.78 is 0. The molecule has 18 heavy (non-hydrogen) atoms. The number of para-hydroxylation sites is 1. The molecule has 0 fully saturated rings. The Morgan fingerprint density at radius 2 is 1.83 bits per heavy atom. The van der Waals surface area contributed by atoms with Crippen molar-refractivity contribution in [1.82, 2.24) is 10.4 Å². The van der Waals surface area contributed by atoms with Crippen LogP contribution in [0.5, 0.6) is 0 Å². The first kappa shape index (κ1) is 10.9. The highest BCUT2D eigenvalue weighted by Crippen LogP contribution is 2.14. The summed E-state index contributed by atoms with van der Waals surface area (Å²) in [5, 5.41) is 1.24. The van der Waals surface area contributed by atoms with Gasteiger partial charge in [-0.05, 0) is 41.3 Å². The highest BCUT2D eigenvalue weighted by molar-refractivity contribution is 5.79. The average molecular weight is 237 g/mol. The minimum absolute atomic E-state index is 0.788. The molecular formula is C15H15N3. The van der Waals surface area contributed by atoms with Crippen molar-refractivity contribution in [2.75, 3.05) is 5.43 Å². The fraction of sp³-hybridized carbons (Fsp3) is 0.0667. The van der Waals surface area contributed by atoms with E-state index in [1.54, 1.807) is 0 Å². The second-order valence-corrected chi connectivity index (χ2v) is 4.24. The SMILES string of the molecule is c1ccc(NNCc2ccc3[nH]ccc3c2)cc1. The number of aromatic amines is 1. The van der Waals surface area contributed by atoms with Crippen LogP contribution in [0.25, 0.3) is 10.9 Å². The Hall–Kier alpha value is -2.26. The van der Waals surface area contributed by atoms with E-state index in [9.17, 15) is 0 Å². The lowest BCUT2D eigenvalue weighted by Gasteiger charge is -2.08. The molecule has 0 unspecified atom stereocenters. The Morgan fingerprint density at radius 1 is 0.944 bits per heavy atom. The zero-order valence-electron chi connectivity index (χ0n) is 9.98. The smallest absolute Gasteiger partial charge is 0.0487 e.